The number of fused-ring (bicyclic) bond motifs is 1. The number of aromatic nitrogens is 2. The van der Waals surface area contributed by atoms with E-state index in [1.165, 1.54) is 0 Å². The van der Waals surface area contributed by atoms with Crippen molar-refractivity contribution in [3.05, 3.63) is 35.2 Å². The number of hydrogen-bond donors (Lipinski definition) is 3. The van der Waals surface area contributed by atoms with E-state index in [9.17, 15) is 4.79 Å². The first kappa shape index (κ1) is 21.1. The van der Waals surface area contributed by atoms with Gasteiger partial charge in [0, 0.05) is 42.5 Å². The molecule has 1 aromatic heterocycles. The zero-order valence-corrected chi connectivity index (χ0v) is 16.6. The summed E-state index contributed by atoms with van der Waals surface area (Å²) in [7, 11) is 0. The maximum absolute atomic E-state index is 12.6. The third-order valence-corrected chi connectivity index (χ3v) is 4.15. The Balaban J connectivity index is 0.00000261. The molecule has 1 aromatic carbocycles. The van der Waals surface area contributed by atoms with Crippen molar-refractivity contribution in [1.29, 1.82) is 0 Å². The number of benzene rings is 1. The Hall–Kier alpha value is -2.25. The van der Waals surface area contributed by atoms with Gasteiger partial charge in [-0.2, -0.15) is 5.10 Å². The second-order valence-corrected chi connectivity index (χ2v) is 6.27. The number of hydrogen-bond acceptors (Lipinski definition) is 5. The number of rotatable bonds is 8. The van der Waals surface area contributed by atoms with Crippen molar-refractivity contribution >= 4 is 24.0 Å². The molecule has 0 saturated heterocycles. The lowest BCUT2D eigenvalue weighted by Crippen LogP contribution is -2.25. The smallest absolute Gasteiger partial charge is 0.276 e. The van der Waals surface area contributed by atoms with Crippen LogP contribution in [0.1, 0.15) is 48.4 Å². The monoisotopic (exact) mass is 394 g/mol. The fourth-order valence-corrected chi connectivity index (χ4v) is 2.85. The average molecular weight is 395 g/mol. The topological polar surface area (TPSA) is 88.3 Å². The Morgan fingerprint density at radius 1 is 1.19 bits per heavy atom. The van der Waals surface area contributed by atoms with Crippen LogP contribution >= 0.6 is 12.4 Å². The van der Waals surface area contributed by atoms with E-state index < -0.39 is 0 Å². The van der Waals surface area contributed by atoms with Crippen LogP contribution in [0.4, 0.5) is 5.69 Å². The summed E-state index contributed by atoms with van der Waals surface area (Å²) < 4.78 is 11.5. The van der Waals surface area contributed by atoms with Crippen molar-refractivity contribution in [2.75, 3.05) is 25.1 Å². The first-order chi connectivity index (χ1) is 12.7. The molecule has 1 amide bonds. The van der Waals surface area contributed by atoms with Crippen LogP contribution in [0, 0.1) is 0 Å². The fourth-order valence-electron chi connectivity index (χ4n) is 2.85. The molecule has 7 nitrogen and oxygen atoms in total. The molecule has 0 aliphatic carbocycles. The standard InChI is InChI=1S/C19H26N4O3.ClH/c1-3-9-25-16-6-5-13(11-17(16)26-10-4-2)21-19(24)18-14-12-20-8-7-15(14)22-23-18;/h5-6,11,20H,3-4,7-10,12H2,1-2H3,(H,21,24)(H,22,23);1H. The Morgan fingerprint density at radius 3 is 2.67 bits per heavy atom. The Morgan fingerprint density at radius 2 is 1.93 bits per heavy atom. The van der Waals surface area contributed by atoms with E-state index in [4.69, 9.17) is 9.47 Å². The van der Waals surface area contributed by atoms with Crippen molar-refractivity contribution < 1.29 is 14.3 Å². The van der Waals surface area contributed by atoms with Gasteiger partial charge in [0.05, 0.1) is 13.2 Å². The molecule has 27 heavy (non-hydrogen) atoms. The van der Waals surface area contributed by atoms with Gasteiger partial charge >= 0.3 is 0 Å². The molecule has 1 aliphatic heterocycles. The quantitative estimate of drug-likeness (QED) is 0.639. The van der Waals surface area contributed by atoms with E-state index in [1.807, 2.05) is 19.1 Å². The summed E-state index contributed by atoms with van der Waals surface area (Å²) in [5.41, 5.74) is 3.07. The lowest BCUT2D eigenvalue weighted by atomic mass is 10.1. The van der Waals surface area contributed by atoms with Crippen molar-refractivity contribution in [3.8, 4) is 11.5 Å². The molecule has 0 radical (unpaired) electrons. The molecule has 0 unspecified atom stereocenters. The summed E-state index contributed by atoms with van der Waals surface area (Å²) in [6, 6.07) is 5.45. The molecule has 0 bridgehead atoms. The number of halogens is 1. The number of nitrogens with one attached hydrogen (secondary N) is 3. The predicted molar refractivity (Wildman–Crippen MR) is 107 cm³/mol. The van der Waals surface area contributed by atoms with E-state index in [0.29, 0.717) is 42.6 Å². The van der Waals surface area contributed by atoms with Crippen LogP contribution in [0.15, 0.2) is 18.2 Å². The highest BCUT2D eigenvalue weighted by Gasteiger charge is 2.22. The Kier molecular flexibility index (Phi) is 7.94. The lowest BCUT2D eigenvalue weighted by Gasteiger charge is -2.15. The first-order valence-electron chi connectivity index (χ1n) is 9.20. The van der Waals surface area contributed by atoms with Crippen LogP contribution in [0.2, 0.25) is 0 Å². The maximum atomic E-state index is 12.6. The van der Waals surface area contributed by atoms with Crippen molar-refractivity contribution in [3.63, 3.8) is 0 Å². The Bertz CT molecular complexity index is 763. The molecule has 3 rings (SSSR count). The molecule has 0 saturated carbocycles. The lowest BCUT2D eigenvalue weighted by molar-refractivity contribution is 0.102. The van der Waals surface area contributed by atoms with Gasteiger partial charge in [-0.05, 0) is 25.0 Å². The van der Waals surface area contributed by atoms with E-state index in [2.05, 4.69) is 27.8 Å². The van der Waals surface area contributed by atoms with Crippen LogP contribution in [0.5, 0.6) is 11.5 Å². The summed E-state index contributed by atoms with van der Waals surface area (Å²) in [5.74, 6) is 1.11. The van der Waals surface area contributed by atoms with Crippen LogP contribution in [0.25, 0.3) is 0 Å². The van der Waals surface area contributed by atoms with Gasteiger partial charge in [0.15, 0.2) is 17.2 Å². The van der Waals surface area contributed by atoms with E-state index in [0.717, 1.165) is 37.1 Å². The van der Waals surface area contributed by atoms with E-state index in [-0.39, 0.29) is 18.3 Å². The average Bonchev–Trinajstić information content (AvgIpc) is 3.10. The van der Waals surface area contributed by atoms with Gasteiger partial charge in [-0.3, -0.25) is 9.89 Å². The number of ether oxygens (including phenoxy) is 2. The molecule has 0 spiro atoms. The molecule has 8 heteroatoms. The minimum absolute atomic E-state index is 0. The minimum Gasteiger partial charge on any atom is -0.490 e. The van der Waals surface area contributed by atoms with Gasteiger partial charge in [0.1, 0.15) is 0 Å². The molecule has 148 valence electrons. The Labute approximate surface area is 165 Å². The zero-order valence-electron chi connectivity index (χ0n) is 15.8. The minimum atomic E-state index is -0.227. The molecule has 0 fully saturated rings. The van der Waals surface area contributed by atoms with Gasteiger partial charge in [-0.25, -0.2) is 0 Å². The number of anilines is 1. The molecule has 3 N–H and O–H groups in total. The summed E-state index contributed by atoms with van der Waals surface area (Å²) >= 11 is 0. The van der Waals surface area contributed by atoms with Crippen LogP contribution in [-0.4, -0.2) is 35.9 Å². The number of H-pyrrole nitrogens is 1. The fraction of sp³-hybridized carbons (Fsp3) is 0.474. The summed E-state index contributed by atoms with van der Waals surface area (Å²) in [5, 5.41) is 13.3. The molecular formula is C19H27ClN4O3. The second kappa shape index (κ2) is 10.2. The molecule has 2 aromatic rings. The SMILES string of the molecule is CCCOc1ccc(NC(=O)c2n[nH]c3c2CNCC3)cc1OCCC.Cl. The largest absolute Gasteiger partial charge is 0.490 e. The number of carbonyl (C=O) groups excluding carboxylic acids is 1. The number of carbonyl (C=O) groups is 1. The number of aromatic amines is 1. The molecule has 2 heterocycles. The van der Waals surface area contributed by atoms with Gasteiger partial charge in [-0.15, -0.1) is 12.4 Å². The third kappa shape index (κ3) is 5.14. The normalized spacial score (nSPS) is 12.7. The zero-order chi connectivity index (χ0) is 18.4. The second-order valence-electron chi connectivity index (χ2n) is 6.27. The third-order valence-electron chi connectivity index (χ3n) is 4.15. The molecule has 1 aliphatic rings. The van der Waals surface area contributed by atoms with Crippen LogP contribution in [-0.2, 0) is 13.0 Å². The van der Waals surface area contributed by atoms with E-state index >= 15 is 0 Å². The van der Waals surface area contributed by atoms with Gasteiger partial charge in [-0.1, -0.05) is 13.8 Å². The van der Waals surface area contributed by atoms with Gasteiger partial charge in [0.25, 0.3) is 5.91 Å². The van der Waals surface area contributed by atoms with Gasteiger partial charge < -0.3 is 20.1 Å². The van der Waals surface area contributed by atoms with Crippen LogP contribution < -0.4 is 20.1 Å². The van der Waals surface area contributed by atoms with Crippen molar-refractivity contribution in [2.45, 2.75) is 39.7 Å². The summed E-state index contributed by atoms with van der Waals surface area (Å²) in [4.78, 5) is 12.6. The molecular weight excluding hydrogens is 368 g/mol. The highest BCUT2D eigenvalue weighted by atomic mass is 35.5. The number of amides is 1. The van der Waals surface area contributed by atoms with E-state index in [1.54, 1.807) is 6.07 Å². The maximum Gasteiger partial charge on any atom is 0.276 e. The molecule has 0 atom stereocenters. The van der Waals surface area contributed by atoms with Crippen molar-refractivity contribution in [1.82, 2.24) is 15.5 Å². The van der Waals surface area contributed by atoms with Crippen molar-refractivity contribution in [2.24, 2.45) is 0 Å². The summed E-state index contributed by atoms with van der Waals surface area (Å²) in [6.07, 6.45) is 2.67. The summed E-state index contributed by atoms with van der Waals surface area (Å²) in [6.45, 7) is 6.88. The first-order valence-corrected chi connectivity index (χ1v) is 9.20. The van der Waals surface area contributed by atoms with Gasteiger partial charge in [0.2, 0.25) is 0 Å². The van der Waals surface area contributed by atoms with Crippen LogP contribution in [0.3, 0.4) is 0 Å². The number of nitrogens with zero attached hydrogens (tertiary/aromatic N) is 1. The highest BCUT2D eigenvalue weighted by Crippen LogP contribution is 2.31. The highest BCUT2D eigenvalue weighted by molar-refractivity contribution is 6.04. The predicted octanol–water partition coefficient (Wildman–Crippen LogP) is 3.31.